The molecule has 1 amide bonds. The maximum absolute atomic E-state index is 12.6. The quantitative estimate of drug-likeness (QED) is 0.601. The lowest BCUT2D eigenvalue weighted by molar-refractivity contribution is -0.123. The van der Waals surface area contributed by atoms with E-state index in [0.29, 0.717) is 23.8 Å². The first-order chi connectivity index (χ1) is 14.0. The molecule has 0 saturated heterocycles. The average Bonchev–Trinajstić information content (AvgIpc) is 2.74. The maximum Gasteiger partial charge on any atom is 0.339 e. The summed E-state index contributed by atoms with van der Waals surface area (Å²) in [6.45, 7) is 3.80. The van der Waals surface area contributed by atoms with Gasteiger partial charge in [0, 0.05) is 11.1 Å². The monoisotopic (exact) mass is 393 g/mol. The van der Waals surface area contributed by atoms with E-state index in [4.69, 9.17) is 14.2 Å². The van der Waals surface area contributed by atoms with Crippen LogP contribution in [-0.2, 0) is 9.53 Å². The summed E-state index contributed by atoms with van der Waals surface area (Å²) in [5.74, 6) is -0.0649. The number of rotatable bonds is 7. The number of anilines is 1. The van der Waals surface area contributed by atoms with E-state index in [1.165, 1.54) is 14.0 Å². The first-order valence-corrected chi connectivity index (χ1v) is 9.34. The summed E-state index contributed by atoms with van der Waals surface area (Å²) in [7, 11) is 1.52. The van der Waals surface area contributed by atoms with E-state index in [1.54, 1.807) is 18.2 Å². The molecule has 0 aliphatic rings. The van der Waals surface area contributed by atoms with Gasteiger partial charge in [0.2, 0.25) is 0 Å². The third-order valence-corrected chi connectivity index (χ3v) is 4.40. The van der Waals surface area contributed by atoms with Crippen molar-refractivity contribution in [1.82, 2.24) is 0 Å². The van der Waals surface area contributed by atoms with Gasteiger partial charge in [0.05, 0.1) is 19.3 Å². The van der Waals surface area contributed by atoms with Crippen molar-refractivity contribution >= 4 is 28.3 Å². The molecule has 0 bridgehead atoms. The summed E-state index contributed by atoms with van der Waals surface area (Å²) in [6, 6.07) is 18.1. The number of nitrogens with one attached hydrogen (secondary N) is 1. The summed E-state index contributed by atoms with van der Waals surface area (Å²) in [6.07, 6.45) is -0.973. The highest BCUT2D eigenvalue weighted by atomic mass is 16.5. The molecule has 29 heavy (non-hydrogen) atoms. The lowest BCUT2D eigenvalue weighted by Gasteiger charge is -2.15. The van der Waals surface area contributed by atoms with Crippen LogP contribution in [0.25, 0.3) is 10.8 Å². The van der Waals surface area contributed by atoms with Gasteiger partial charge in [-0.25, -0.2) is 4.79 Å². The van der Waals surface area contributed by atoms with Crippen molar-refractivity contribution in [2.24, 2.45) is 0 Å². The van der Waals surface area contributed by atoms with Gasteiger partial charge < -0.3 is 19.5 Å². The third kappa shape index (κ3) is 4.66. The molecule has 150 valence electrons. The second-order valence-corrected chi connectivity index (χ2v) is 6.36. The number of amides is 1. The Morgan fingerprint density at radius 1 is 1.00 bits per heavy atom. The number of carbonyl (C=O) groups excluding carboxylic acids is 2. The van der Waals surface area contributed by atoms with Crippen LogP contribution in [-0.4, -0.2) is 31.7 Å². The van der Waals surface area contributed by atoms with Crippen molar-refractivity contribution in [3.63, 3.8) is 0 Å². The summed E-state index contributed by atoms with van der Waals surface area (Å²) in [4.78, 5) is 25.0. The van der Waals surface area contributed by atoms with E-state index in [9.17, 15) is 9.59 Å². The molecule has 6 heteroatoms. The lowest BCUT2D eigenvalue weighted by Crippen LogP contribution is -2.30. The second kappa shape index (κ2) is 9.10. The molecule has 0 saturated carbocycles. The number of esters is 1. The van der Waals surface area contributed by atoms with E-state index in [-0.39, 0.29) is 5.56 Å². The average molecular weight is 393 g/mol. The van der Waals surface area contributed by atoms with Gasteiger partial charge in [0.25, 0.3) is 5.91 Å². The fourth-order valence-electron chi connectivity index (χ4n) is 2.92. The van der Waals surface area contributed by atoms with Crippen molar-refractivity contribution in [2.45, 2.75) is 20.0 Å². The highest BCUT2D eigenvalue weighted by molar-refractivity contribution is 6.04. The number of ether oxygens (including phenoxy) is 3. The van der Waals surface area contributed by atoms with Crippen molar-refractivity contribution in [3.8, 4) is 11.5 Å². The number of hydrogen-bond donors (Lipinski definition) is 1. The van der Waals surface area contributed by atoms with Crippen molar-refractivity contribution in [3.05, 3.63) is 66.2 Å². The fourth-order valence-corrected chi connectivity index (χ4v) is 2.92. The molecule has 6 nitrogen and oxygen atoms in total. The lowest BCUT2D eigenvalue weighted by atomic mass is 10.1. The van der Waals surface area contributed by atoms with Gasteiger partial charge in [0.15, 0.2) is 17.6 Å². The van der Waals surface area contributed by atoms with Crippen molar-refractivity contribution in [1.29, 1.82) is 0 Å². The zero-order valence-corrected chi connectivity index (χ0v) is 16.6. The minimum Gasteiger partial charge on any atom is -0.493 e. The van der Waals surface area contributed by atoms with Crippen LogP contribution in [0.3, 0.4) is 0 Å². The van der Waals surface area contributed by atoms with Crippen LogP contribution < -0.4 is 14.8 Å². The summed E-state index contributed by atoms with van der Waals surface area (Å²) in [5.41, 5.74) is 0.943. The van der Waals surface area contributed by atoms with Crippen LogP contribution in [0.1, 0.15) is 24.2 Å². The van der Waals surface area contributed by atoms with Gasteiger partial charge in [-0.3, -0.25) is 4.79 Å². The van der Waals surface area contributed by atoms with Crippen LogP contribution in [0.5, 0.6) is 11.5 Å². The molecule has 3 aromatic rings. The van der Waals surface area contributed by atoms with Crippen LogP contribution in [0.15, 0.2) is 60.7 Å². The van der Waals surface area contributed by atoms with E-state index in [2.05, 4.69) is 5.32 Å². The molecule has 0 aromatic heterocycles. The smallest absolute Gasteiger partial charge is 0.339 e. The van der Waals surface area contributed by atoms with Crippen LogP contribution in [0, 0.1) is 0 Å². The molecule has 3 rings (SSSR count). The Kier molecular flexibility index (Phi) is 6.34. The van der Waals surface area contributed by atoms with Crippen LogP contribution >= 0.6 is 0 Å². The van der Waals surface area contributed by atoms with Gasteiger partial charge in [-0.1, -0.05) is 36.4 Å². The van der Waals surface area contributed by atoms with Gasteiger partial charge in [0.1, 0.15) is 0 Å². The van der Waals surface area contributed by atoms with Crippen LogP contribution in [0.2, 0.25) is 0 Å². The predicted molar refractivity (Wildman–Crippen MR) is 112 cm³/mol. The van der Waals surface area contributed by atoms with E-state index in [1.807, 2.05) is 49.4 Å². The number of hydrogen-bond acceptors (Lipinski definition) is 5. The van der Waals surface area contributed by atoms with E-state index < -0.39 is 18.0 Å². The normalized spacial score (nSPS) is 11.6. The molecule has 1 atom stereocenters. The van der Waals surface area contributed by atoms with Gasteiger partial charge in [-0.15, -0.1) is 0 Å². The Hall–Kier alpha value is -3.54. The number of methoxy groups -OCH3 is 1. The molecular weight excluding hydrogens is 370 g/mol. The highest BCUT2D eigenvalue weighted by Gasteiger charge is 2.21. The number of carbonyl (C=O) groups is 2. The minimum absolute atomic E-state index is 0.277. The Labute approximate surface area is 169 Å². The standard InChI is InChI=1S/C23H23NO5/c1-4-28-21-14-17(12-13-20(21)27-3)23(26)29-15(2)22(25)24-19-11-7-9-16-8-5-6-10-18(16)19/h5-15H,4H2,1-3H3,(H,24,25)/t15-/m1/s1. The minimum atomic E-state index is -0.973. The second-order valence-electron chi connectivity index (χ2n) is 6.36. The van der Waals surface area contributed by atoms with E-state index in [0.717, 1.165) is 10.8 Å². The molecule has 1 N–H and O–H groups in total. The summed E-state index contributed by atoms with van der Waals surface area (Å²) in [5, 5.41) is 4.76. The molecule has 0 aliphatic carbocycles. The molecule has 0 unspecified atom stereocenters. The molecular formula is C23H23NO5. The Morgan fingerprint density at radius 2 is 1.76 bits per heavy atom. The predicted octanol–water partition coefficient (Wildman–Crippen LogP) is 4.43. The van der Waals surface area contributed by atoms with Crippen molar-refractivity contribution < 1.29 is 23.8 Å². The molecule has 0 spiro atoms. The maximum atomic E-state index is 12.6. The molecule has 0 radical (unpaired) electrons. The van der Waals surface area contributed by atoms with Gasteiger partial charge in [-0.2, -0.15) is 0 Å². The number of benzene rings is 3. The van der Waals surface area contributed by atoms with Crippen LogP contribution in [0.4, 0.5) is 5.69 Å². The van der Waals surface area contributed by atoms with Gasteiger partial charge in [-0.05, 0) is 43.5 Å². The SMILES string of the molecule is CCOc1cc(C(=O)O[C@H](C)C(=O)Nc2cccc3ccccc23)ccc1OC. The molecule has 0 aliphatic heterocycles. The van der Waals surface area contributed by atoms with Crippen molar-refractivity contribution in [2.75, 3.05) is 19.0 Å². The zero-order valence-electron chi connectivity index (χ0n) is 16.6. The molecule has 0 fully saturated rings. The highest BCUT2D eigenvalue weighted by Crippen LogP contribution is 2.28. The third-order valence-electron chi connectivity index (χ3n) is 4.40. The largest absolute Gasteiger partial charge is 0.493 e. The molecule has 3 aromatic carbocycles. The Morgan fingerprint density at radius 3 is 2.52 bits per heavy atom. The fraction of sp³-hybridized carbons (Fsp3) is 0.217. The Balaban J connectivity index is 1.70. The first-order valence-electron chi connectivity index (χ1n) is 9.34. The zero-order chi connectivity index (χ0) is 20.8. The van der Waals surface area contributed by atoms with Gasteiger partial charge >= 0.3 is 5.97 Å². The number of fused-ring (bicyclic) bond motifs is 1. The summed E-state index contributed by atoms with van der Waals surface area (Å²) >= 11 is 0. The molecule has 0 heterocycles. The summed E-state index contributed by atoms with van der Waals surface area (Å²) < 4.78 is 16.0. The topological polar surface area (TPSA) is 73.9 Å². The van der Waals surface area contributed by atoms with E-state index >= 15 is 0 Å². The Bertz CT molecular complexity index is 1030. The first kappa shape index (κ1) is 20.2.